The highest BCUT2D eigenvalue weighted by Crippen LogP contribution is 2.06. The van der Waals surface area contributed by atoms with Crippen molar-refractivity contribution in [2.75, 3.05) is 0 Å². The molecule has 1 unspecified atom stereocenters. The SMILES string of the molecule is [CH2+]C(C)[CH-]C(C)C. The van der Waals surface area contributed by atoms with Gasteiger partial charge in [-0.3, -0.25) is 6.42 Å². The lowest BCUT2D eigenvalue weighted by atomic mass is 10.0. The molecule has 0 heteroatoms. The normalized spacial score (nSPS) is 14.9. The molecule has 0 amide bonds. The maximum atomic E-state index is 3.82. The molecule has 0 saturated heterocycles. The van der Waals surface area contributed by atoms with E-state index in [1.807, 2.05) is 0 Å². The Morgan fingerprint density at radius 3 is 1.71 bits per heavy atom. The van der Waals surface area contributed by atoms with E-state index in [0.717, 1.165) is 0 Å². The van der Waals surface area contributed by atoms with Gasteiger partial charge in [-0.1, -0.05) is 20.8 Å². The van der Waals surface area contributed by atoms with E-state index >= 15 is 0 Å². The van der Waals surface area contributed by atoms with Crippen LogP contribution < -0.4 is 0 Å². The van der Waals surface area contributed by atoms with E-state index in [1.165, 1.54) is 0 Å². The zero-order chi connectivity index (χ0) is 5.86. The van der Waals surface area contributed by atoms with E-state index in [9.17, 15) is 0 Å². The van der Waals surface area contributed by atoms with Gasteiger partial charge in [-0.15, -0.1) is 0 Å². The van der Waals surface area contributed by atoms with Crippen LogP contribution in [-0.2, 0) is 0 Å². The third-order valence-corrected chi connectivity index (χ3v) is 0.713. The molecule has 0 aliphatic heterocycles. The van der Waals surface area contributed by atoms with Crippen LogP contribution in [0.2, 0.25) is 0 Å². The van der Waals surface area contributed by atoms with Crippen LogP contribution in [0, 0.1) is 25.2 Å². The lowest BCUT2D eigenvalue weighted by molar-refractivity contribution is 0.652. The van der Waals surface area contributed by atoms with Gasteiger partial charge in [0.15, 0.2) is 0 Å². The Morgan fingerprint density at radius 2 is 1.71 bits per heavy atom. The summed E-state index contributed by atoms with van der Waals surface area (Å²) >= 11 is 0. The summed E-state index contributed by atoms with van der Waals surface area (Å²) in [5.74, 6) is 1.19. The van der Waals surface area contributed by atoms with Crippen LogP contribution in [0.25, 0.3) is 0 Å². The highest BCUT2D eigenvalue weighted by molar-refractivity contribution is 4.76. The second kappa shape index (κ2) is 2.95. The predicted octanol–water partition coefficient (Wildman–Crippen LogP) is 2.32. The fourth-order valence-electron chi connectivity index (χ4n) is 0.657. The van der Waals surface area contributed by atoms with Crippen molar-refractivity contribution in [3.63, 3.8) is 0 Å². The Morgan fingerprint density at radius 1 is 1.29 bits per heavy atom. The van der Waals surface area contributed by atoms with Crippen LogP contribution in [0.15, 0.2) is 0 Å². The Bertz CT molecular complexity index is 29.3. The second-order valence-corrected chi connectivity index (χ2v) is 2.41. The third kappa shape index (κ3) is 5.87. The highest BCUT2D eigenvalue weighted by Gasteiger charge is 1.88. The predicted molar refractivity (Wildman–Crippen MR) is 33.7 cm³/mol. The monoisotopic (exact) mass is 98.1 g/mol. The van der Waals surface area contributed by atoms with Gasteiger partial charge in [0, 0.05) is 6.92 Å². The second-order valence-electron chi connectivity index (χ2n) is 2.41. The van der Waals surface area contributed by atoms with Crippen molar-refractivity contribution >= 4 is 0 Å². The molecule has 0 aliphatic carbocycles. The molecule has 0 spiro atoms. The minimum absolute atomic E-state index is 0.500. The molecule has 0 aromatic rings. The molecule has 42 valence electrons. The number of rotatable bonds is 2. The molecule has 0 rings (SSSR count). The van der Waals surface area contributed by atoms with Crippen molar-refractivity contribution in [3.05, 3.63) is 13.3 Å². The molecule has 0 aromatic heterocycles. The van der Waals surface area contributed by atoms with Crippen LogP contribution in [0.3, 0.4) is 0 Å². The van der Waals surface area contributed by atoms with Gasteiger partial charge in [-0.05, 0) is 5.92 Å². The van der Waals surface area contributed by atoms with Crippen molar-refractivity contribution in [2.24, 2.45) is 11.8 Å². The van der Waals surface area contributed by atoms with E-state index in [4.69, 9.17) is 0 Å². The number of hydrogen-bond donors (Lipinski definition) is 0. The van der Waals surface area contributed by atoms with E-state index < -0.39 is 0 Å². The van der Waals surface area contributed by atoms with Crippen molar-refractivity contribution < 1.29 is 0 Å². The summed E-state index contributed by atoms with van der Waals surface area (Å²) in [4.78, 5) is 0. The molecule has 0 fully saturated rings. The molecule has 0 radical (unpaired) electrons. The lowest BCUT2D eigenvalue weighted by Gasteiger charge is -2.14. The van der Waals surface area contributed by atoms with E-state index in [2.05, 4.69) is 34.1 Å². The van der Waals surface area contributed by atoms with Crippen LogP contribution >= 0.6 is 0 Å². The molecular weight excluding hydrogens is 84.1 g/mol. The van der Waals surface area contributed by atoms with Crippen molar-refractivity contribution in [1.82, 2.24) is 0 Å². The standard InChI is InChI=1S/C7H14/c1-6(2)5-7(3)4/h5-7H,1H2,2-4H3. The summed E-state index contributed by atoms with van der Waals surface area (Å²) in [7, 11) is 0. The average molecular weight is 98.2 g/mol. The molecule has 0 N–H and O–H groups in total. The Balaban J connectivity index is 2.95. The van der Waals surface area contributed by atoms with Crippen molar-refractivity contribution in [3.8, 4) is 0 Å². The highest BCUT2D eigenvalue weighted by atomic mass is 14.0. The third-order valence-electron chi connectivity index (χ3n) is 0.713. The zero-order valence-electron chi connectivity index (χ0n) is 5.44. The van der Waals surface area contributed by atoms with Gasteiger partial charge >= 0.3 is 0 Å². The largest absolute Gasteiger partial charge is 0.279 e. The molecule has 0 bridgehead atoms. The zero-order valence-corrected chi connectivity index (χ0v) is 5.44. The molecular formula is C7H14. The number of hydrogen-bond acceptors (Lipinski definition) is 0. The fourth-order valence-corrected chi connectivity index (χ4v) is 0.657. The van der Waals surface area contributed by atoms with Gasteiger partial charge in [0.1, 0.15) is 0 Å². The maximum absolute atomic E-state index is 3.82. The summed E-state index contributed by atoms with van der Waals surface area (Å²) in [6.07, 6.45) is 2.22. The molecule has 0 nitrogen and oxygen atoms in total. The van der Waals surface area contributed by atoms with Gasteiger partial charge in [0.25, 0.3) is 0 Å². The van der Waals surface area contributed by atoms with Crippen LogP contribution in [0.5, 0.6) is 0 Å². The summed E-state index contributed by atoms with van der Waals surface area (Å²) < 4.78 is 0. The van der Waals surface area contributed by atoms with Gasteiger partial charge in [-0.2, -0.15) is 5.92 Å². The quantitative estimate of drug-likeness (QED) is 0.465. The first kappa shape index (κ1) is 6.87. The summed E-state index contributed by atoms with van der Waals surface area (Å²) in [5.41, 5.74) is 0. The van der Waals surface area contributed by atoms with Gasteiger partial charge in [-0.25, -0.2) is 0 Å². The topological polar surface area (TPSA) is 0 Å². The van der Waals surface area contributed by atoms with Crippen LogP contribution in [0.1, 0.15) is 20.8 Å². The van der Waals surface area contributed by atoms with E-state index in [1.54, 1.807) is 0 Å². The van der Waals surface area contributed by atoms with Crippen molar-refractivity contribution in [1.29, 1.82) is 0 Å². The van der Waals surface area contributed by atoms with Crippen LogP contribution in [-0.4, -0.2) is 0 Å². The van der Waals surface area contributed by atoms with Gasteiger partial charge in [0.2, 0.25) is 0 Å². The first-order valence-electron chi connectivity index (χ1n) is 2.81. The summed E-state index contributed by atoms with van der Waals surface area (Å²) in [6, 6.07) is 0. The Labute approximate surface area is 46.9 Å². The fraction of sp³-hybridized carbons (Fsp3) is 0.714. The smallest absolute Gasteiger partial charge is 0.0332 e. The first-order chi connectivity index (χ1) is 3.13. The Kier molecular flexibility index (Phi) is 2.89. The van der Waals surface area contributed by atoms with Crippen LogP contribution in [0.4, 0.5) is 0 Å². The van der Waals surface area contributed by atoms with Crippen molar-refractivity contribution in [2.45, 2.75) is 20.8 Å². The average Bonchev–Trinajstić information content (AvgIpc) is 1.27. The molecule has 7 heavy (non-hydrogen) atoms. The molecule has 0 aromatic carbocycles. The molecule has 0 heterocycles. The maximum Gasteiger partial charge on any atom is 0.0332 e. The van der Waals surface area contributed by atoms with E-state index in [0.29, 0.717) is 11.8 Å². The van der Waals surface area contributed by atoms with Gasteiger partial charge < -0.3 is 0 Å². The minimum atomic E-state index is 0.500. The molecule has 1 atom stereocenters. The summed E-state index contributed by atoms with van der Waals surface area (Å²) in [6.45, 7) is 10.3. The molecule has 0 aliphatic rings. The molecule has 0 saturated carbocycles. The van der Waals surface area contributed by atoms with E-state index in [-0.39, 0.29) is 0 Å². The Hall–Kier alpha value is -0.130. The minimum Gasteiger partial charge on any atom is -0.279 e. The summed E-state index contributed by atoms with van der Waals surface area (Å²) in [5, 5.41) is 0. The van der Waals surface area contributed by atoms with Gasteiger partial charge in [0.05, 0.1) is 0 Å². The first-order valence-corrected chi connectivity index (χ1v) is 2.81. The lowest BCUT2D eigenvalue weighted by Crippen LogP contribution is -1.95.